The minimum Gasteiger partial charge on any atom is -0.271 e. The first kappa shape index (κ1) is 17.2. The largest absolute Gasteiger partial charge is 0.271 e. The summed E-state index contributed by atoms with van der Waals surface area (Å²) in [5.41, 5.74) is 5.71. The average Bonchev–Trinajstić information content (AvgIpc) is 2.48. The molecule has 0 aliphatic rings. The summed E-state index contributed by atoms with van der Waals surface area (Å²) in [6.07, 6.45) is 6.29. The van der Waals surface area contributed by atoms with Crippen LogP contribution in [-0.4, -0.2) is 0 Å². The van der Waals surface area contributed by atoms with Gasteiger partial charge in [-0.3, -0.25) is 11.3 Å². The van der Waals surface area contributed by atoms with E-state index in [1.165, 1.54) is 36.8 Å². The number of unbranched alkanes of at least 4 members (excludes halogenated alkanes) is 1. The second-order valence-electron chi connectivity index (χ2n) is 6.19. The van der Waals surface area contributed by atoms with Gasteiger partial charge in [0, 0.05) is 6.04 Å². The highest BCUT2D eigenvalue weighted by atomic mass is 15.2. The molecule has 0 spiro atoms. The van der Waals surface area contributed by atoms with Crippen LogP contribution in [0.3, 0.4) is 0 Å². The Kier molecular flexibility index (Phi) is 7.86. The summed E-state index contributed by atoms with van der Waals surface area (Å²) in [4.78, 5) is 0. The third-order valence-electron chi connectivity index (χ3n) is 4.32. The SMILES string of the molecule is CCCCC(CC)CC(NN)c1ccc(C(C)C)cc1. The van der Waals surface area contributed by atoms with Crippen molar-refractivity contribution in [3.63, 3.8) is 0 Å². The molecule has 0 heterocycles. The fraction of sp³-hybridized carbons (Fsp3) is 0.667. The number of nitrogens with one attached hydrogen (secondary N) is 1. The van der Waals surface area contributed by atoms with Crippen molar-refractivity contribution in [2.24, 2.45) is 11.8 Å². The topological polar surface area (TPSA) is 38.0 Å². The smallest absolute Gasteiger partial charge is 0.0462 e. The molecule has 0 saturated heterocycles. The number of rotatable bonds is 9. The zero-order chi connectivity index (χ0) is 15.0. The van der Waals surface area contributed by atoms with Crippen LogP contribution < -0.4 is 11.3 Å². The summed E-state index contributed by atoms with van der Waals surface area (Å²) in [6, 6.07) is 9.20. The van der Waals surface area contributed by atoms with Gasteiger partial charge in [0.1, 0.15) is 0 Å². The van der Waals surface area contributed by atoms with E-state index in [4.69, 9.17) is 5.84 Å². The highest BCUT2D eigenvalue weighted by Gasteiger charge is 2.16. The fourth-order valence-corrected chi connectivity index (χ4v) is 2.73. The Balaban J connectivity index is 2.69. The molecular weight excluding hydrogens is 244 g/mol. The predicted molar refractivity (Wildman–Crippen MR) is 88.5 cm³/mol. The van der Waals surface area contributed by atoms with Crippen LogP contribution in [0.5, 0.6) is 0 Å². The van der Waals surface area contributed by atoms with Gasteiger partial charge in [-0.15, -0.1) is 0 Å². The first-order chi connectivity index (χ1) is 9.62. The number of hydrazine groups is 1. The molecule has 1 aromatic carbocycles. The Labute approximate surface area is 125 Å². The lowest BCUT2D eigenvalue weighted by Gasteiger charge is -2.23. The van der Waals surface area contributed by atoms with Gasteiger partial charge in [-0.1, -0.05) is 77.6 Å². The standard InChI is InChI=1S/C18H32N2/c1-5-7-8-15(6-2)13-18(20-19)17-11-9-16(10-12-17)14(3)4/h9-12,14-15,18,20H,5-8,13,19H2,1-4H3. The van der Waals surface area contributed by atoms with E-state index in [2.05, 4.69) is 57.4 Å². The molecule has 1 rings (SSSR count). The molecule has 0 aliphatic heterocycles. The van der Waals surface area contributed by atoms with Gasteiger partial charge in [0.25, 0.3) is 0 Å². The maximum Gasteiger partial charge on any atom is 0.0462 e. The Morgan fingerprint density at radius 2 is 1.65 bits per heavy atom. The maximum absolute atomic E-state index is 5.78. The van der Waals surface area contributed by atoms with E-state index in [0.717, 1.165) is 12.3 Å². The molecule has 0 amide bonds. The number of hydrogen-bond donors (Lipinski definition) is 2. The van der Waals surface area contributed by atoms with Crippen LogP contribution in [0.2, 0.25) is 0 Å². The monoisotopic (exact) mass is 276 g/mol. The minimum atomic E-state index is 0.276. The average molecular weight is 276 g/mol. The molecule has 1 aromatic rings. The van der Waals surface area contributed by atoms with Gasteiger partial charge in [0.15, 0.2) is 0 Å². The van der Waals surface area contributed by atoms with Crippen molar-refractivity contribution in [3.8, 4) is 0 Å². The van der Waals surface area contributed by atoms with Crippen molar-refractivity contribution >= 4 is 0 Å². The zero-order valence-corrected chi connectivity index (χ0v) is 13.7. The number of hydrogen-bond acceptors (Lipinski definition) is 2. The first-order valence-electron chi connectivity index (χ1n) is 8.18. The Morgan fingerprint density at radius 3 is 2.10 bits per heavy atom. The molecule has 20 heavy (non-hydrogen) atoms. The normalized spacial score (nSPS) is 14.5. The van der Waals surface area contributed by atoms with Crippen LogP contribution >= 0.6 is 0 Å². The lowest BCUT2D eigenvalue weighted by molar-refractivity contribution is 0.356. The summed E-state index contributed by atoms with van der Waals surface area (Å²) in [5.74, 6) is 7.13. The van der Waals surface area contributed by atoms with Crippen molar-refractivity contribution in [1.82, 2.24) is 5.43 Å². The van der Waals surface area contributed by atoms with Crippen LogP contribution in [0.4, 0.5) is 0 Å². The number of nitrogens with two attached hydrogens (primary N) is 1. The van der Waals surface area contributed by atoms with Gasteiger partial charge in [-0.2, -0.15) is 0 Å². The molecule has 0 fully saturated rings. The van der Waals surface area contributed by atoms with Gasteiger partial charge in [0.2, 0.25) is 0 Å². The van der Waals surface area contributed by atoms with Crippen molar-refractivity contribution in [2.45, 2.75) is 71.8 Å². The van der Waals surface area contributed by atoms with E-state index in [9.17, 15) is 0 Å². The molecule has 2 unspecified atom stereocenters. The molecule has 0 saturated carbocycles. The second-order valence-corrected chi connectivity index (χ2v) is 6.19. The van der Waals surface area contributed by atoms with Crippen molar-refractivity contribution < 1.29 is 0 Å². The highest BCUT2D eigenvalue weighted by molar-refractivity contribution is 5.26. The first-order valence-corrected chi connectivity index (χ1v) is 8.18. The summed E-state index contributed by atoms with van der Waals surface area (Å²) in [7, 11) is 0. The Bertz CT molecular complexity index is 356. The van der Waals surface area contributed by atoms with Crippen LogP contribution in [-0.2, 0) is 0 Å². The molecule has 2 heteroatoms. The van der Waals surface area contributed by atoms with Gasteiger partial charge in [-0.05, 0) is 29.4 Å². The van der Waals surface area contributed by atoms with Gasteiger partial charge >= 0.3 is 0 Å². The Morgan fingerprint density at radius 1 is 1.05 bits per heavy atom. The molecule has 0 bridgehead atoms. The predicted octanol–water partition coefficient (Wildman–Crippen LogP) is 4.92. The van der Waals surface area contributed by atoms with Gasteiger partial charge < -0.3 is 0 Å². The molecule has 0 radical (unpaired) electrons. The fourth-order valence-electron chi connectivity index (χ4n) is 2.73. The molecular formula is C18H32N2. The van der Waals surface area contributed by atoms with Gasteiger partial charge in [0.05, 0.1) is 0 Å². The summed E-state index contributed by atoms with van der Waals surface area (Å²) < 4.78 is 0. The quantitative estimate of drug-likeness (QED) is 0.496. The Hall–Kier alpha value is -0.860. The molecule has 114 valence electrons. The van der Waals surface area contributed by atoms with Crippen molar-refractivity contribution in [2.75, 3.05) is 0 Å². The summed E-state index contributed by atoms with van der Waals surface area (Å²) >= 11 is 0. The van der Waals surface area contributed by atoms with Gasteiger partial charge in [-0.25, -0.2) is 0 Å². The summed E-state index contributed by atoms with van der Waals surface area (Å²) in [6.45, 7) is 9.00. The lowest BCUT2D eigenvalue weighted by Crippen LogP contribution is -2.29. The summed E-state index contributed by atoms with van der Waals surface area (Å²) in [5, 5.41) is 0. The van der Waals surface area contributed by atoms with Crippen LogP contribution in [0.15, 0.2) is 24.3 Å². The number of benzene rings is 1. The second kappa shape index (κ2) is 9.15. The van der Waals surface area contributed by atoms with Crippen molar-refractivity contribution in [3.05, 3.63) is 35.4 Å². The molecule has 0 aromatic heterocycles. The zero-order valence-electron chi connectivity index (χ0n) is 13.7. The van der Waals surface area contributed by atoms with Crippen molar-refractivity contribution in [1.29, 1.82) is 0 Å². The molecule has 0 aliphatic carbocycles. The van der Waals surface area contributed by atoms with E-state index in [0.29, 0.717) is 5.92 Å². The third kappa shape index (κ3) is 5.26. The minimum absolute atomic E-state index is 0.276. The maximum atomic E-state index is 5.78. The van der Waals surface area contributed by atoms with E-state index in [1.54, 1.807) is 0 Å². The third-order valence-corrected chi connectivity index (χ3v) is 4.32. The van der Waals surface area contributed by atoms with E-state index in [-0.39, 0.29) is 6.04 Å². The van der Waals surface area contributed by atoms with Crippen LogP contribution in [0.25, 0.3) is 0 Å². The lowest BCUT2D eigenvalue weighted by atomic mass is 9.89. The van der Waals surface area contributed by atoms with E-state index >= 15 is 0 Å². The molecule has 2 atom stereocenters. The van der Waals surface area contributed by atoms with E-state index in [1.807, 2.05) is 0 Å². The highest BCUT2D eigenvalue weighted by Crippen LogP contribution is 2.27. The van der Waals surface area contributed by atoms with Crippen LogP contribution in [0, 0.1) is 5.92 Å². The van der Waals surface area contributed by atoms with E-state index < -0.39 is 0 Å². The van der Waals surface area contributed by atoms with Crippen LogP contribution in [0.1, 0.15) is 82.9 Å². The molecule has 3 N–H and O–H groups in total. The molecule has 2 nitrogen and oxygen atoms in total.